The van der Waals surface area contributed by atoms with Crippen molar-refractivity contribution in [1.82, 2.24) is 0 Å². The summed E-state index contributed by atoms with van der Waals surface area (Å²) in [6.07, 6.45) is 0. The van der Waals surface area contributed by atoms with Gasteiger partial charge in [-0.25, -0.2) is 0 Å². The number of nitrogens with zero attached hydrogens (tertiary/aromatic N) is 1. The van der Waals surface area contributed by atoms with Crippen molar-refractivity contribution in [2.45, 2.75) is 19.3 Å². The monoisotopic (exact) mass is 294 g/mol. The van der Waals surface area contributed by atoms with Gasteiger partial charge < -0.3 is 10.1 Å². The molecule has 4 heteroatoms. The summed E-state index contributed by atoms with van der Waals surface area (Å²) in [4.78, 5) is 12.5. The number of benzene rings is 2. The first-order valence-electron chi connectivity index (χ1n) is 7.11. The van der Waals surface area contributed by atoms with Crippen molar-refractivity contribution in [2.24, 2.45) is 0 Å². The summed E-state index contributed by atoms with van der Waals surface area (Å²) in [7, 11) is 0. The molecule has 0 heterocycles. The lowest BCUT2D eigenvalue weighted by Gasteiger charge is -2.21. The number of nitriles is 1. The smallest absolute Gasteiger partial charge is 0.249 e. The molecule has 4 nitrogen and oxygen atoms in total. The Morgan fingerprint density at radius 3 is 2.36 bits per heavy atom. The summed E-state index contributed by atoms with van der Waals surface area (Å²) in [6.45, 7) is 4.12. The number of anilines is 1. The first-order chi connectivity index (χ1) is 10.6. The lowest BCUT2D eigenvalue weighted by molar-refractivity contribution is -0.119. The summed E-state index contributed by atoms with van der Waals surface area (Å²) in [5.41, 5.74) is 0.0617. The van der Waals surface area contributed by atoms with E-state index in [1.54, 1.807) is 43.3 Å². The molecule has 0 aliphatic heterocycles. The van der Waals surface area contributed by atoms with Gasteiger partial charge in [0.05, 0.1) is 12.7 Å². The van der Waals surface area contributed by atoms with Gasteiger partial charge in [-0.05, 0) is 43.7 Å². The standard InChI is InChI=1S/C18H18N2O2/c1-3-22-16-11-9-15(10-12-16)20-17(21)18(2,13-19)14-7-5-4-6-8-14/h4-12H,3H2,1-2H3,(H,20,21). The van der Waals surface area contributed by atoms with E-state index in [0.29, 0.717) is 17.9 Å². The quantitative estimate of drug-likeness (QED) is 0.918. The van der Waals surface area contributed by atoms with E-state index in [9.17, 15) is 10.1 Å². The van der Waals surface area contributed by atoms with E-state index in [-0.39, 0.29) is 5.91 Å². The Kier molecular flexibility index (Phi) is 4.80. The maximum atomic E-state index is 12.5. The average Bonchev–Trinajstić information content (AvgIpc) is 2.57. The minimum Gasteiger partial charge on any atom is -0.494 e. The third-order valence-electron chi connectivity index (χ3n) is 3.45. The number of rotatable bonds is 5. The lowest BCUT2D eigenvalue weighted by Crippen LogP contribution is -2.36. The van der Waals surface area contributed by atoms with Gasteiger partial charge in [-0.1, -0.05) is 30.3 Å². The predicted octanol–water partition coefficient (Wildman–Crippen LogP) is 3.51. The Morgan fingerprint density at radius 2 is 1.82 bits per heavy atom. The lowest BCUT2D eigenvalue weighted by atomic mass is 9.83. The summed E-state index contributed by atoms with van der Waals surface area (Å²) < 4.78 is 5.36. The number of ether oxygens (including phenoxy) is 1. The molecule has 1 atom stereocenters. The summed E-state index contributed by atoms with van der Waals surface area (Å²) >= 11 is 0. The molecule has 0 aromatic heterocycles. The molecule has 2 aromatic rings. The molecule has 2 rings (SSSR count). The Balaban J connectivity index is 2.18. The predicted molar refractivity (Wildman–Crippen MR) is 85.6 cm³/mol. The molecule has 2 aromatic carbocycles. The van der Waals surface area contributed by atoms with Gasteiger partial charge in [-0.2, -0.15) is 5.26 Å². The normalized spacial score (nSPS) is 12.8. The van der Waals surface area contributed by atoms with Crippen molar-refractivity contribution in [3.05, 3.63) is 60.2 Å². The molecule has 22 heavy (non-hydrogen) atoms. The van der Waals surface area contributed by atoms with Gasteiger partial charge in [0, 0.05) is 5.69 Å². The second-order valence-corrected chi connectivity index (χ2v) is 5.01. The van der Waals surface area contributed by atoms with Crippen LogP contribution in [-0.2, 0) is 10.2 Å². The highest BCUT2D eigenvalue weighted by atomic mass is 16.5. The van der Waals surface area contributed by atoms with Crippen LogP contribution in [0, 0.1) is 11.3 Å². The number of nitrogens with one attached hydrogen (secondary N) is 1. The van der Waals surface area contributed by atoms with Crippen molar-refractivity contribution < 1.29 is 9.53 Å². The number of carbonyl (C=O) groups excluding carboxylic acids is 1. The Labute approximate surface area is 130 Å². The molecule has 0 fully saturated rings. The van der Waals surface area contributed by atoms with Gasteiger partial charge in [-0.15, -0.1) is 0 Å². The molecule has 0 saturated heterocycles. The molecule has 0 aliphatic carbocycles. The Bertz CT molecular complexity index is 674. The Hall–Kier alpha value is -2.80. The molecule has 112 valence electrons. The van der Waals surface area contributed by atoms with Crippen LogP contribution >= 0.6 is 0 Å². The van der Waals surface area contributed by atoms with Crippen molar-refractivity contribution >= 4 is 11.6 Å². The van der Waals surface area contributed by atoms with E-state index in [2.05, 4.69) is 11.4 Å². The molecular formula is C18H18N2O2. The zero-order valence-electron chi connectivity index (χ0n) is 12.7. The van der Waals surface area contributed by atoms with Crippen LogP contribution in [0.1, 0.15) is 19.4 Å². The number of hydrogen-bond acceptors (Lipinski definition) is 3. The van der Waals surface area contributed by atoms with Crippen LogP contribution in [0.3, 0.4) is 0 Å². The SMILES string of the molecule is CCOc1ccc(NC(=O)C(C)(C#N)c2ccccc2)cc1. The highest BCUT2D eigenvalue weighted by Gasteiger charge is 2.35. The van der Waals surface area contributed by atoms with Crippen molar-refractivity contribution in [2.75, 3.05) is 11.9 Å². The van der Waals surface area contributed by atoms with Crippen LogP contribution in [-0.4, -0.2) is 12.5 Å². The van der Waals surface area contributed by atoms with Crippen LogP contribution in [0.4, 0.5) is 5.69 Å². The van der Waals surface area contributed by atoms with E-state index in [1.807, 2.05) is 25.1 Å². The number of hydrogen-bond donors (Lipinski definition) is 1. The van der Waals surface area contributed by atoms with E-state index in [4.69, 9.17) is 4.74 Å². The fraction of sp³-hybridized carbons (Fsp3) is 0.222. The first kappa shape index (κ1) is 15.6. The molecule has 0 saturated carbocycles. The molecule has 0 aliphatic rings. The van der Waals surface area contributed by atoms with E-state index < -0.39 is 5.41 Å². The van der Waals surface area contributed by atoms with Gasteiger partial charge in [-0.3, -0.25) is 4.79 Å². The van der Waals surface area contributed by atoms with E-state index in [1.165, 1.54) is 0 Å². The number of carbonyl (C=O) groups is 1. The summed E-state index contributed by atoms with van der Waals surface area (Å²) in [5, 5.41) is 12.3. The molecule has 0 radical (unpaired) electrons. The molecular weight excluding hydrogens is 276 g/mol. The minimum absolute atomic E-state index is 0.356. The summed E-state index contributed by atoms with van der Waals surface area (Å²) in [6, 6.07) is 18.2. The second kappa shape index (κ2) is 6.77. The van der Waals surface area contributed by atoms with Crippen LogP contribution in [0.25, 0.3) is 0 Å². The second-order valence-electron chi connectivity index (χ2n) is 5.01. The number of amides is 1. The molecule has 1 unspecified atom stereocenters. The zero-order chi connectivity index (χ0) is 16.0. The fourth-order valence-electron chi connectivity index (χ4n) is 2.08. The van der Waals surface area contributed by atoms with Gasteiger partial charge in [0.1, 0.15) is 5.75 Å². The van der Waals surface area contributed by atoms with Gasteiger partial charge >= 0.3 is 0 Å². The van der Waals surface area contributed by atoms with Crippen LogP contribution in [0.5, 0.6) is 5.75 Å². The Morgan fingerprint density at radius 1 is 1.18 bits per heavy atom. The van der Waals surface area contributed by atoms with Gasteiger partial charge in [0.15, 0.2) is 5.41 Å². The first-order valence-corrected chi connectivity index (χ1v) is 7.11. The van der Waals surface area contributed by atoms with Gasteiger partial charge in [0.2, 0.25) is 5.91 Å². The highest BCUT2D eigenvalue weighted by Crippen LogP contribution is 2.25. The fourth-order valence-corrected chi connectivity index (χ4v) is 2.08. The van der Waals surface area contributed by atoms with E-state index in [0.717, 1.165) is 5.75 Å². The third-order valence-corrected chi connectivity index (χ3v) is 3.45. The highest BCUT2D eigenvalue weighted by molar-refractivity contribution is 6.01. The van der Waals surface area contributed by atoms with Crippen molar-refractivity contribution in [3.8, 4) is 11.8 Å². The van der Waals surface area contributed by atoms with Crippen LogP contribution in [0.2, 0.25) is 0 Å². The molecule has 1 N–H and O–H groups in total. The summed E-state index contributed by atoms with van der Waals surface area (Å²) in [5.74, 6) is 0.386. The minimum atomic E-state index is -1.24. The third kappa shape index (κ3) is 3.26. The maximum Gasteiger partial charge on any atom is 0.249 e. The van der Waals surface area contributed by atoms with Gasteiger partial charge in [0.25, 0.3) is 0 Å². The molecule has 0 bridgehead atoms. The maximum absolute atomic E-state index is 12.5. The van der Waals surface area contributed by atoms with Crippen LogP contribution in [0.15, 0.2) is 54.6 Å². The average molecular weight is 294 g/mol. The molecule has 0 spiro atoms. The van der Waals surface area contributed by atoms with Crippen molar-refractivity contribution in [3.63, 3.8) is 0 Å². The largest absolute Gasteiger partial charge is 0.494 e. The zero-order valence-corrected chi connectivity index (χ0v) is 12.7. The topological polar surface area (TPSA) is 62.1 Å². The molecule has 1 amide bonds. The van der Waals surface area contributed by atoms with Crippen molar-refractivity contribution in [1.29, 1.82) is 5.26 Å². The van der Waals surface area contributed by atoms with E-state index >= 15 is 0 Å². The van der Waals surface area contributed by atoms with Crippen LogP contribution < -0.4 is 10.1 Å².